The van der Waals surface area contributed by atoms with E-state index in [0.29, 0.717) is 34.8 Å². The first-order valence-corrected chi connectivity index (χ1v) is 25.8. The Bertz CT molecular complexity index is 2740. The summed E-state index contributed by atoms with van der Waals surface area (Å²) in [5.74, 6) is -11.3. The number of rotatable bonds is 18. The molecule has 12 atom stereocenters. The molecular weight excluding hydrogens is 1030 g/mol. The Kier molecular flexibility index (Phi) is 23.5. The number of hydrogen-bond donors (Lipinski definition) is 12. The van der Waals surface area contributed by atoms with Crippen molar-refractivity contribution < 1.29 is 63.2 Å². The Morgan fingerprint density at radius 3 is 0.925 bits per heavy atom. The molecule has 0 radical (unpaired) electrons. The van der Waals surface area contributed by atoms with Gasteiger partial charge < -0.3 is 63.6 Å². The Morgan fingerprint density at radius 2 is 0.650 bits per heavy atom. The molecule has 1 saturated heterocycles. The van der Waals surface area contributed by atoms with Crippen LogP contribution in [0.2, 0.25) is 0 Å². The second kappa shape index (κ2) is 30.3. The summed E-state index contributed by atoms with van der Waals surface area (Å²) in [7, 11) is 0. The van der Waals surface area contributed by atoms with Gasteiger partial charge in [0.05, 0.1) is 24.2 Å². The Hall–Kier alpha value is -8.84. The third kappa shape index (κ3) is 18.7. The number of nitrogens with one attached hydrogen (secondary N) is 10. The molecule has 0 aliphatic carbocycles. The van der Waals surface area contributed by atoms with Gasteiger partial charge in [0.25, 0.3) is 23.6 Å². The minimum Gasteiger partial charge on any atom is -0.342 e. The zero-order chi connectivity index (χ0) is 58.5. The minimum atomic E-state index is -2.14. The predicted molar refractivity (Wildman–Crippen MR) is 299 cm³/mol. The second-order valence-electron chi connectivity index (χ2n) is 19.3. The van der Waals surface area contributed by atoms with Crippen molar-refractivity contribution in [1.29, 1.82) is 0 Å². The Balaban J connectivity index is 0.00000882. The van der Waals surface area contributed by atoms with E-state index in [9.17, 15) is 57.5 Å². The Morgan fingerprint density at radius 1 is 0.400 bits per heavy atom. The number of aldehydes is 2. The molecule has 0 aromatic heterocycles. The summed E-state index contributed by atoms with van der Waals surface area (Å²) in [5, 5.41) is 24.4. The third-order valence-corrected chi connectivity index (χ3v) is 12.8. The Labute approximate surface area is 467 Å². The lowest BCUT2D eigenvalue weighted by Crippen LogP contribution is -2.66. The molecule has 1 heterocycles. The van der Waals surface area contributed by atoms with Gasteiger partial charge in [-0.1, -0.05) is 121 Å². The molecule has 4 aromatic rings. The van der Waals surface area contributed by atoms with E-state index in [2.05, 4.69) is 53.2 Å². The fourth-order valence-electron chi connectivity index (χ4n) is 8.24. The van der Waals surface area contributed by atoms with E-state index < -0.39 is 132 Å². The molecule has 1 aliphatic rings. The van der Waals surface area contributed by atoms with E-state index in [0.717, 1.165) is 6.92 Å². The number of ketones is 2. The van der Waals surface area contributed by atoms with Gasteiger partial charge in [-0.3, -0.25) is 58.6 Å². The van der Waals surface area contributed by atoms with Crippen LogP contribution in [0.15, 0.2) is 121 Å². The van der Waals surface area contributed by atoms with Crippen LogP contribution in [0, 0.1) is 0 Å². The van der Waals surface area contributed by atoms with Gasteiger partial charge in [-0.15, -0.1) is 0 Å². The number of nitrogens with two attached hydrogens (primary N) is 2. The van der Waals surface area contributed by atoms with Crippen LogP contribution in [-0.2, 0) is 83.2 Å². The van der Waals surface area contributed by atoms with Crippen LogP contribution < -0.4 is 64.6 Å². The molecule has 14 N–H and O–H groups in total. The van der Waals surface area contributed by atoms with Crippen molar-refractivity contribution in [1.82, 2.24) is 53.2 Å². The second-order valence-corrected chi connectivity index (χ2v) is 19.3. The third-order valence-electron chi connectivity index (χ3n) is 12.8. The fraction of sp³-hybridized carbons (Fsp3) is 0.357. The molecule has 80 heavy (non-hydrogen) atoms. The summed E-state index contributed by atoms with van der Waals surface area (Å²) >= 11 is 0. The fourth-order valence-corrected chi connectivity index (χ4v) is 8.24. The van der Waals surface area contributed by atoms with Crippen LogP contribution in [-0.4, -0.2) is 144 Å². The van der Waals surface area contributed by atoms with Gasteiger partial charge in [-0.25, -0.2) is 0 Å². The highest BCUT2D eigenvalue weighted by Crippen LogP contribution is 2.10. The average molecular weight is 1110 g/mol. The quantitative estimate of drug-likeness (QED) is 0.0376. The molecule has 8 unspecified atom stereocenters. The largest absolute Gasteiger partial charge is 0.342 e. The molecular formula is C56H76N12O12. The van der Waals surface area contributed by atoms with Gasteiger partial charge in [0.15, 0.2) is 36.0 Å². The molecule has 0 bridgehead atoms. The zero-order valence-electron chi connectivity index (χ0n) is 44.5. The first-order valence-electron chi connectivity index (χ1n) is 25.8. The van der Waals surface area contributed by atoms with Gasteiger partial charge in [-0.2, -0.15) is 0 Å². The zero-order valence-corrected chi connectivity index (χ0v) is 44.5. The lowest BCUT2D eigenvalue weighted by Gasteiger charge is -2.29. The first kappa shape index (κ1) is 62.0. The number of amides is 8. The van der Waals surface area contributed by atoms with Gasteiger partial charge in [-0.05, 0) is 75.6 Å². The molecule has 24 nitrogen and oxygen atoms in total. The van der Waals surface area contributed by atoms with Crippen LogP contribution >= 0.6 is 0 Å². The lowest BCUT2D eigenvalue weighted by molar-refractivity contribution is -0.140. The summed E-state index contributed by atoms with van der Waals surface area (Å²) in [5.41, 5.74) is 15.2. The summed E-state index contributed by atoms with van der Waals surface area (Å²) in [4.78, 5) is 166. The van der Waals surface area contributed by atoms with E-state index >= 15 is 0 Å². The van der Waals surface area contributed by atoms with E-state index in [1.54, 1.807) is 121 Å². The van der Waals surface area contributed by atoms with Gasteiger partial charge in [0, 0.05) is 5.71 Å². The molecule has 0 spiro atoms. The molecule has 1 aliphatic heterocycles. The van der Waals surface area contributed by atoms with Crippen LogP contribution in [0.25, 0.3) is 0 Å². The van der Waals surface area contributed by atoms with Crippen LogP contribution in [0.3, 0.4) is 0 Å². The monoisotopic (exact) mass is 1110 g/mol. The van der Waals surface area contributed by atoms with Crippen molar-refractivity contribution in [2.45, 2.75) is 126 Å². The lowest BCUT2D eigenvalue weighted by atomic mass is 9.97. The predicted octanol–water partition coefficient (Wildman–Crippen LogP) is -2.07. The molecule has 8 amide bonds. The van der Waals surface area contributed by atoms with Crippen LogP contribution in [0.1, 0.15) is 55.7 Å². The summed E-state index contributed by atoms with van der Waals surface area (Å²) in [6.07, 6.45) is -2.90. The van der Waals surface area contributed by atoms with Crippen molar-refractivity contribution in [3.05, 3.63) is 144 Å². The van der Waals surface area contributed by atoms with E-state index in [4.69, 9.17) is 11.5 Å². The van der Waals surface area contributed by atoms with Crippen molar-refractivity contribution in [2.24, 2.45) is 11.5 Å². The summed E-state index contributed by atoms with van der Waals surface area (Å²) in [6, 6.07) is 18.2. The first-order chi connectivity index (χ1) is 38.2. The summed E-state index contributed by atoms with van der Waals surface area (Å²) in [6.45, 7) is 4.71. The number of carbonyl (C=O) groups is 12. The topological polar surface area (TPSA) is 377 Å². The molecule has 0 saturated carbocycles. The highest BCUT2D eigenvalue weighted by Gasteiger charge is 2.39. The number of Topliss-reactive ketones (excluding diaryl/α,β-unsaturated/α-hetero) is 2. The molecule has 4 aromatic carbocycles. The number of hydrogen-bond acceptors (Lipinski definition) is 16. The van der Waals surface area contributed by atoms with Gasteiger partial charge in [0.2, 0.25) is 23.6 Å². The smallest absolute Gasteiger partial charge is 0.258 e. The van der Waals surface area contributed by atoms with Gasteiger partial charge in [0.1, 0.15) is 36.7 Å². The van der Waals surface area contributed by atoms with E-state index in [-0.39, 0.29) is 31.4 Å². The molecule has 1 fully saturated rings. The molecule has 432 valence electrons. The standard InChI is InChI=1S/C56H68N12O12.4H2/c1-31-49(73)65-44(46(72)42(58)28-38-23-15-8-16-24-38)54(78)60-33(3)51(75)67-48(64-40(30-70)26-36-19-11-6-12-20-36)56(80)62-34(4)52(76)68-47(63-39(29-69)25-35-17-9-5-10-18-35)55(79)61-32(2)50(74)66-43(53(77)59-31)45(71)41(57)27-37-21-13-7-14-22-37;;;;/h5-24,29-34,39-44,47-48,63-64H,25-28,57-58H2,1-4H3,(H,59,77)(H,60,78)(H,61,79)(H,62,80)(H,65,73)(H,66,74)(H,67,75)(H,68,76);4*1H/t31?,32?,33?,34?,39-,40-,41+,42+,43?,44?,47?,48?;;;;/m1..../s1/i;4*1+1. The van der Waals surface area contributed by atoms with Crippen LogP contribution in [0.5, 0.6) is 0 Å². The number of benzene rings is 4. The number of carbonyl (C=O) groups excluding carboxylic acids is 12. The SMILES string of the molecule is CC1NC(=O)C(N[C@@H](C=O)Cc2ccccc2)NC(=O)C(C)NC(=O)C(C(=O)[C@@H](N)Cc2ccccc2)NC(=O)C(C)NC(=O)C(C(=O)[C@@H](N)Cc2ccccc2)NC(=O)C(C)NC(=O)C(N[C@@H](C=O)Cc2ccccc2)NC1=O.[2HH].[2HH].[2HH].[2HH]. The van der Waals surface area contributed by atoms with Crippen molar-refractivity contribution in [3.8, 4) is 0 Å². The molecule has 5 rings (SSSR count). The van der Waals surface area contributed by atoms with E-state index in [1.165, 1.54) is 20.8 Å². The van der Waals surface area contributed by atoms with Crippen molar-refractivity contribution >= 4 is 71.4 Å². The van der Waals surface area contributed by atoms with Crippen molar-refractivity contribution in [2.75, 3.05) is 0 Å². The average Bonchev–Trinajstić information content (AvgIpc) is 3.45. The maximum absolute atomic E-state index is 14.2. The minimum absolute atomic E-state index is 0. The van der Waals surface area contributed by atoms with Crippen LogP contribution in [0.4, 0.5) is 0 Å². The van der Waals surface area contributed by atoms with Gasteiger partial charge >= 0.3 is 0 Å². The maximum atomic E-state index is 14.2. The van der Waals surface area contributed by atoms with E-state index in [1.807, 2.05) is 0 Å². The normalized spacial score (nSPS) is 23.7. The van der Waals surface area contributed by atoms with Crippen molar-refractivity contribution in [3.63, 3.8) is 0 Å². The highest BCUT2D eigenvalue weighted by molar-refractivity contribution is 6.13. The highest BCUT2D eigenvalue weighted by atomic mass is 16.2. The maximum Gasteiger partial charge on any atom is 0.258 e. The summed E-state index contributed by atoms with van der Waals surface area (Å²) < 4.78 is 0. The molecule has 24 heteroatoms.